The van der Waals surface area contributed by atoms with Crippen molar-refractivity contribution >= 4 is 5.82 Å². The van der Waals surface area contributed by atoms with Crippen molar-refractivity contribution in [3.63, 3.8) is 0 Å². The zero-order valence-electron chi connectivity index (χ0n) is 10.6. The number of aromatic nitrogens is 2. The van der Waals surface area contributed by atoms with Crippen LogP contribution < -0.4 is 10.1 Å². The Labute approximate surface area is 113 Å². The van der Waals surface area contributed by atoms with Crippen molar-refractivity contribution in [2.75, 3.05) is 12.4 Å². The zero-order valence-corrected chi connectivity index (χ0v) is 10.6. The molecule has 0 aliphatic heterocycles. The summed E-state index contributed by atoms with van der Waals surface area (Å²) in [6, 6.07) is 6.69. The van der Waals surface area contributed by atoms with E-state index >= 15 is 0 Å². The molecule has 0 radical (unpaired) electrons. The molecule has 106 valence electrons. The van der Waals surface area contributed by atoms with E-state index in [-0.39, 0.29) is 6.54 Å². The van der Waals surface area contributed by atoms with Crippen LogP contribution in [0.25, 0.3) is 0 Å². The summed E-state index contributed by atoms with van der Waals surface area (Å²) in [5.41, 5.74) is -0.158. The minimum atomic E-state index is -4.34. The number of hydrogen-bond donors (Lipinski definition) is 1. The van der Waals surface area contributed by atoms with E-state index in [1.54, 1.807) is 12.1 Å². The summed E-state index contributed by atoms with van der Waals surface area (Å²) >= 11 is 0. The van der Waals surface area contributed by atoms with Crippen LogP contribution in [0.15, 0.2) is 36.7 Å². The number of nitrogens with zero attached hydrogens (tertiary/aromatic N) is 2. The van der Waals surface area contributed by atoms with Crippen LogP contribution in [0, 0.1) is 0 Å². The minimum Gasteiger partial charge on any atom is -0.481 e. The third-order valence-corrected chi connectivity index (χ3v) is 2.58. The molecule has 2 rings (SSSR count). The zero-order chi connectivity index (χ0) is 14.6. The molecule has 0 unspecified atom stereocenters. The van der Waals surface area contributed by atoms with Crippen LogP contribution in [0.4, 0.5) is 19.0 Å². The first-order valence-electron chi connectivity index (χ1n) is 5.75. The Bertz CT molecular complexity index is 587. The molecule has 0 aliphatic carbocycles. The second-order valence-corrected chi connectivity index (χ2v) is 4.00. The van der Waals surface area contributed by atoms with Gasteiger partial charge < -0.3 is 10.1 Å². The molecule has 4 nitrogen and oxygen atoms in total. The molecule has 0 atom stereocenters. The van der Waals surface area contributed by atoms with Gasteiger partial charge in [0.05, 0.1) is 12.7 Å². The summed E-state index contributed by atoms with van der Waals surface area (Å²) < 4.78 is 42.6. The molecular weight excluding hydrogens is 271 g/mol. The van der Waals surface area contributed by atoms with E-state index in [2.05, 4.69) is 15.3 Å². The summed E-state index contributed by atoms with van der Waals surface area (Å²) in [6.07, 6.45) is -3.03. The Kier molecular flexibility index (Phi) is 4.07. The molecule has 0 aliphatic rings. The largest absolute Gasteiger partial charge is 0.481 e. The van der Waals surface area contributed by atoms with E-state index in [9.17, 15) is 13.2 Å². The van der Waals surface area contributed by atoms with Crippen molar-refractivity contribution in [1.29, 1.82) is 0 Å². The number of rotatable bonds is 4. The number of methoxy groups -OCH3 is 1. The standard InChI is InChI=1S/C13H12F3N3O/c1-20-12-6-11(18-8-19-12)17-7-9-3-2-4-10(5-9)13(14,15)16/h2-6,8H,7H2,1H3,(H,17,18,19). The molecule has 0 saturated heterocycles. The maximum absolute atomic E-state index is 12.6. The molecule has 1 heterocycles. The molecule has 0 saturated carbocycles. The predicted molar refractivity (Wildman–Crippen MR) is 67.4 cm³/mol. The Morgan fingerprint density at radius 2 is 2.00 bits per heavy atom. The molecule has 0 fully saturated rings. The lowest BCUT2D eigenvalue weighted by molar-refractivity contribution is -0.137. The quantitative estimate of drug-likeness (QED) is 0.936. The Morgan fingerprint density at radius 1 is 1.20 bits per heavy atom. The number of halogens is 3. The van der Waals surface area contributed by atoms with E-state index in [0.29, 0.717) is 17.3 Å². The van der Waals surface area contributed by atoms with Crippen molar-refractivity contribution < 1.29 is 17.9 Å². The Hall–Kier alpha value is -2.31. The summed E-state index contributed by atoms with van der Waals surface area (Å²) in [5, 5.41) is 2.92. The molecule has 0 amide bonds. The number of nitrogens with one attached hydrogen (secondary N) is 1. The first kappa shape index (κ1) is 14.1. The first-order valence-corrected chi connectivity index (χ1v) is 5.75. The monoisotopic (exact) mass is 283 g/mol. The molecule has 1 aromatic carbocycles. The third-order valence-electron chi connectivity index (χ3n) is 2.58. The minimum absolute atomic E-state index is 0.226. The molecule has 2 aromatic rings. The van der Waals surface area contributed by atoms with Crippen LogP contribution >= 0.6 is 0 Å². The molecule has 0 bridgehead atoms. The van der Waals surface area contributed by atoms with Crippen LogP contribution in [0.1, 0.15) is 11.1 Å². The topological polar surface area (TPSA) is 47.0 Å². The maximum atomic E-state index is 12.6. The van der Waals surface area contributed by atoms with Gasteiger partial charge in [-0.2, -0.15) is 13.2 Å². The molecular formula is C13H12F3N3O. The fourth-order valence-electron chi connectivity index (χ4n) is 1.60. The number of alkyl halides is 3. The lowest BCUT2D eigenvalue weighted by atomic mass is 10.1. The summed E-state index contributed by atoms with van der Waals surface area (Å²) in [7, 11) is 1.47. The summed E-state index contributed by atoms with van der Waals surface area (Å²) in [5.74, 6) is 0.862. The number of hydrogen-bond acceptors (Lipinski definition) is 4. The number of benzene rings is 1. The molecule has 1 aromatic heterocycles. The smallest absolute Gasteiger partial charge is 0.416 e. The average molecular weight is 283 g/mol. The Balaban J connectivity index is 2.07. The van der Waals surface area contributed by atoms with Crippen LogP contribution in [-0.2, 0) is 12.7 Å². The van der Waals surface area contributed by atoms with Gasteiger partial charge in [-0.3, -0.25) is 0 Å². The van der Waals surface area contributed by atoms with Crippen LogP contribution in [0.2, 0.25) is 0 Å². The molecule has 1 N–H and O–H groups in total. The molecule has 7 heteroatoms. The summed E-state index contributed by atoms with van der Waals surface area (Å²) in [4.78, 5) is 7.79. The first-order chi connectivity index (χ1) is 9.49. The lowest BCUT2D eigenvalue weighted by Gasteiger charge is -2.10. The second kappa shape index (κ2) is 5.77. The van der Waals surface area contributed by atoms with Gasteiger partial charge in [-0.15, -0.1) is 0 Å². The summed E-state index contributed by atoms with van der Waals surface area (Å²) in [6.45, 7) is 0.226. The van der Waals surface area contributed by atoms with Gasteiger partial charge >= 0.3 is 6.18 Å². The maximum Gasteiger partial charge on any atom is 0.416 e. The van der Waals surface area contributed by atoms with E-state index in [1.807, 2.05) is 0 Å². The van der Waals surface area contributed by atoms with Gasteiger partial charge in [-0.1, -0.05) is 12.1 Å². The highest BCUT2D eigenvalue weighted by atomic mass is 19.4. The molecule has 20 heavy (non-hydrogen) atoms. The van der Waals surface area contributed by atoms with E-state index in [4.69, 9.17) is 4.74 Å². The van der Waals surface area contributed by atoms with Crippen LogP contribution in [-0.4, -0.2) is 17.1 Å². The van der Waals surface area contributed by atoms with Crippen molar-refractivity contribution in [2.24, 2.45) is 0 Å². The van der Waals surface area contributed by atoms with Gasteiger partial charge in [0.15, 0.2) is 0 Å². The lowest BCUT2D eigenvalue weighted by Crippen LogP contribution is -2.07. The average Bonchev–Trinajstić information content (AvgIpc) is 2.45. The molecule has 0 spiro atoms. The van der Waals surface area contributed by atoms with E-state index in [1.165, 1.54) is 19.5 Å². The third kappa shape index (κ3) is 3.59. The van der Waals surface area contributed by atoms with E-state index in [0.717, 1.165) is 12.1 Å². The van der Waals surface area contributed by atoms with E-state index < -0.39 is 11.7 Å². The van der Waals surface area contributed by atoms with Crippen molar-refractivity contribution in [3.8, 4) is 5.88 Å². The van der Waals surface area contributed by atoms with Gasteiger partial charge in [0.2, 0.25) is 5.88 Å². The van der Waals surface area contributed by atoms with Gasteiger partial charge in [-0.05, 0) is 17.7 Å². The van der Waals surface area contributed by atoms with Crippen molar-refractivity contribution in [2.45, 2.75) is 12.7 Å². The van der Waals surface area contributed by atoms with Gasteiger partial charge in [-0.25, -0.2) is 9.97 Å². The van der Waals surface area contributed by atoms with Crippen LogP contribution in [0.5, 0.6) is 5.88 Å². The fraction of sp³-hybridized carbons (Fsp3) is 0.231. The highest BCUT2D eigenvalue weighted by Gasteiger charge is 2.30. The van der Waals surface area contributed by atoms with Gasteiger partial charge in [0.1, 0.15) is 12.1 Å². The highest BCUT2D eigenvalue weighted by Crippen LogP contribution is 2.29. The van der Waals surface area contributed by atoms with Gasteiger partial charge in [0.25, 0.3) is 0 Å². The fourth-order valence-corrected chi connectivity index (χ4v) is 1.60. The second-order valence-electron chi connectivity index (χ2n) is 4.00. The predicted octanol–water partition coefficient (Wildman–Crippen LogP) is 3.12. The Morgan fingerprint density at radius 3 is 2.70 bits per heavy atom. The highest BCUT2D eigenvalue weighted by molar-refractivity contribution is 5.38. The van der Waals surface area contributed by atoms with Crippen molar-refractivity contribution in [3.05, 3.63) is 47.8 Å². The van der Waals surface area contributed by atoms with Crippen molar-refractivity contribution in [1.82, 2.24) is 9.97 Å². The SMILES string of the molecule is COc1cc(NCc2cccc(C(F)(F)F)c2)ncn1. The number of anilines is 1. The van der Waals surface area contributed by atoms with Gasteiger partial charge in [0, 0.05) is 12.6 Å². The normalized spacial score (nSPS) is 11.2. The van der Waals surface area contributed by atoms with Crippen LogP contribution in [0.3, 0.4) is 0 Å². The number of ether oxygens (including phenoxy) is 1.